The van der Waals surface area contributed by atoms with Crippen molar-refractivity contribution in [3.63, 3.8) is 0 Å². The summed E-state index contributed by atoms with van der Waals surface area (Å²) >= 11 is 1.82. The van der Waals surface area contributed by atoms with E-state index in [-0.39, 0.29) is 37.1 Å². The molecule has 3 heterocycles. The van der Waals surface area contributed by atoms with Gasteiger partial charge in [-0.15, -0.1) is 23.6 Å². The number of rotatable bonds is 2. The molecule has 1 radical (unpaired) electrons. The molecule has 0 unspecified atom stereocenters. The quantitative estimate of drug-likeness (QED) is 0.108. The van der Waals surface area contributed by atoms with E-state index < -0.39 is 5.41 Å². The van der Waals surface area contributed by atoms with Gasteiger partial charge in [-0.2, -0.15) is 11.3 Å². The monoisotopic (exact) mass is 776 g/mol. The smallest absolute Gasteiger partial charge is 0.164 e. The van der Waals surface area contributed by atoms with Crippen LogP contribution in [0.4, 0.5) is 0 Å². The summed E-state index contributed by atoms with van der Waals surface area (Å²) in [7, 11) is 0. The molecule has 0 saturated carbocycles. The predicted octanol–water partition coefficient (Wildman–Crippen LogP) is 10.6. The fraction of sp³-hybridized carbons (Fsp3) is 0.211. The van der Waals surface area contributed by atoms with E-state index in [1.54, 1.807) is 0 Å². The summed E-state index contributed by atoms with van der Waals surface area (Å²) in [6.07, 6.45) is 3.26. The van der Waals surface area contributed by atoms with Crippen LogP contribution in [0.5, 0.6) is 0 Å². The van der Waals surface area contributed by atoms with E-state index in [1.807, 2.05) is 59.1 Å². The van der Waals surface area contributed by atoms with Crippen LogP contribution in [0.25, 0.3) is 58.6 Å². The van der Waals surface area contributed by atoms with E-state index in [2.05, 4.69) is 95.6 Å². The van der Waals surface area contributed by atoms with E-state index >= 15 is 0 Å². The van der Waals surface area contributed by atoms with Gasteiger partial charge in [0.25, 0.3) is 0 Å². The van der Waals surface area contributed by atoms with E-state index in [1.165, 1.54) is 48.4 Å². The molecule has 3 aromatic heterocycles. The first-order valence-corrected chi connectivity index (χ1v) is 15.3. The number of pyridine rings is 1. The van der Waals surface area contributed by atoms with E-state index in [4.69, 9.17) is 4.98 Å². The van der Waals surface area contributed by atoms with Crippen molar-refractivity contribution in [3.8, 4) is 5.69 Å². The molecule has 6 heteroatoms. The Labute approximate surface area is 275 Å². The van der Waals surface area contributed by atoms with Crippen LogP contribution in [0.2, 0.25) is 0 Å². The SMILES string of the molecule is CC(C)(C)C(=O)/C=C(\O)C(C)(C)C.[Ir].[c-]1c2ccccc2cc2sc3cccc4c3c3c(nccc3n4-c3ccccc3)c12. The van der Waals surface area contributed by atoms with Crippen LogP contribution in [0.15, 0.2) is 103 Å². The fourth-order valence-corrected chi connectivity index (χ4v) is 6.31. The number of para-hydroxylation sites is 1. The van der Waals surface area contributed by atoms with Crippen LogP contribution in [-0.4, -0.2) is 20.4 Å². The van der Waals surface area contributed by atoms with Crippen LogP contribution < -0.4 is 0 Å². The normalized spacial score (nSPS) is 12.5. The second-order valence-electron chi connectivity index (χ2n) is 13.0. The standard InChI is InChI=1S/C27H15N2S.C11H20O2.Ir/c1-2-9-19(10-3-1)29-21-11-6-12-23-25(21)26-22(29)13-14-28-27(26)20-15-17-7-4-5-8-18(17)16-24(20)30-23;1-10(2,3)8(12)7-9(13)11(4,5)6;/h1-14,16H;7,12H,1-6H3;/q-1;;/b;8-7-;. The molecule has 0 spiro atoms. The number of ketones is 1. The number of benzene rings is 4. The van der Waals surface area contributed by atoms with Gasteiger partial charge in [0.05, 0.1) is 11.0 Å². The van der Waals surface area contributed by atoms with Crippen LogP contribution in [0.3, 0.4) is 0 Å². The summed E-state index contributed by atoms with van der Waals surface area (Å²) in [5, 5.41) is 15.5. The molecule has 4 nitrogen and oxygen atoms in total. The Morgan fingerprint density at radius 1 is 0.818 bits per heavy atom. The first kappa shape index (κ1) is 31.6. The molecular formula is C38H35IrN2O2S-. The maximum Gasteiger partial charge on any atom is 0.164 e. The maximum absolute atomic E-state index is 11.5. The van der Waals surface area contributed by atoms with Crippen LogP contribution in [-0.2, 0) is 24.9 Å². The van der Waals surface area contributed by atoms with E-state index in [0.717, 1.165) is 16.3 Å². The number of carbonyl (C=O) groups is 1. The molecule has 0 bridgehead atoms. The third-order valence-corrected chi connectivity index (χ3v) is 8.77. The average Bonchev–Trinajstić information content (AvgIpc) is 3.24. The molecular weight excluding hydrogens is 741 g/mol. The van der Waals surface area contributed by atoms with Gasteiger partial charge in [0, 0.05) is 69.9 Å². The first-order chi connectivity index (χ1) is 20.4. The molecule has 7 rings (SSSR count). The molecule has 0 aliphatic carbocycles. The Morgan fingerprint density at radius 2 is 1.50 bits per heavy atom. The van der Waals surface area contributed by atoms with Crippen LogP contribution in [0.1, 0.15) is 41.5 Å². The van der Waals surface area contributed by atoms with Gasteiger partial charge in [0.15, 0.2) is 5.78 Å². The molecule has 4 aromatic carbocycles. The minimum absolute atomic E-state index is 0. The number of aliphatic hydroxyl groups is 1. The number of fused-ring (bicyclic) bond motifs is 3. The maximum atomic E-state index is 11.5. The number of hydrogen-bond acceptors (Lipinski definition) is 4. The summed E-state index contributed by atoms with van der Waals surface area (Å²) in [5.41, 5.74) is 3.82. The molecule has 0 fully saturated rings. The van der Waals surface area contributed by atoms with Gasteiger partial charge in [-0.05, 0) is 35.0 Å². The number of allylic oxidation sites excluding steroid dienone is 2. The molecule has 0 atom stereocenters. The van der Waals surface area contributed by atoms with Gasteiger partial charge in [0.2, 0.25) is 0 Å². The fourth-order valence-electron chi connectivity index (χ4n) is 5.18. The minimum Gasteiger partial charge on any atom is -0.512 e. The summed E-state index contributed by atoms with van der Waals surface area (Å²) < 4.78 is 4.83. The van der Waals surface area contributed by atoms with Gasteiger partial charge in [-0.1, -0.05) is 94.8 Å². The van der Waals surface area contributed by atoms with Crippen molar-refractivity contribution in [2.24, 2.45) is 10.8 Å². The van der Waals surface area contributed by atoms with Crippen molar-refractivity contribution in [2.45, 2.75) is 41.5 Å². The first-order valence-electron chi connectivity index (χ1n) is 14.5. The minimum atomic E-state index is -0.417. The molecule has 0 aliphatic heterocycles. The second-order valence-corrected chi connectivity index (χ2v) is 14.1. The zero-order valence-corrected chi connectivity index (χ0v) is 28.9. The van der Waals surface area contributed by atoms with E-state index in [9.17, 15) is 9.90 Å². The average molecular weight is 776 g/mol. The molecule has 7 aromatic rings. The summed E-state index contributed by atoms with van der Waals surface area (Å²) in [6, 6.07) is 33.7. The Kier molecular flexibility index (Phi) is 8.56. The second kappa shape index (κ2) is 11.9. The van der Waals surface area contributed by atoms with Crippen LogP contribution >= 0.6 is 11.3 Å². The van der Waals surface area contributed by atoms with Crippen molar-refractivity contribution in [3.05, 3.63) is 109 Å². The molecule has 0 aliphatic rings. The van der Waals surface area contributed by atoms with Gasteiger partial charge in [0.1, 0.15) is 5.76 Å². The van der Waals surface area contributed by atoms with Crippen molar-refractivity contribution in [1.82, 2.24) is 9.55 Å². The number of nitrogens with zero attached hydrogens (tertiary/aromatic N) is 2. The van der Waals surface area contributed by atoms with Crippen molar-refractivity contribution in [2.75, 3.05) is 0 Å². The Morgan fingerprint density at radius 3 is 2.20 bits per heavy atom. The van der Waals surface area contributed by atoms with E-state index in [0.29, 0.717) is 0 Å². The van der Waals surface area contributed by atoms with Gasteiger partial charge in [-0.25, -0.2) is 0 Å². The van der Waals surface area contributed by atoms with Crippen molar-refractivity contribution < 1.29 is 30.0 Å². The number of carbonyl (C=O) groups excluding carboxylic acids is 1. The Hall–Kier alpha value is -3.83. The topological polar surface area (TPSA) is 55.1 Å². The molecule has 44 heavy (non-hydrogen) atoms. The third-order valence-electron chi connectivity index (χ3n) is 7.67. The number of hydrogen-bond donors (Lipinski definition) is 1. The Bertz CT molecular complexity index is 2180. The van der Waals surface area contributed by atoms with Gasteiger partial charge < -0.3 is 9.67 Å². The third kappa shape index (κ3) is 5.82. The predicted molar refractivity (Wildman–Crippen MR) is 182 cm³/mol. The van der Waals surface area contributed by atoms with Crippen molar-refractivity contribution in [1.29, 1.82) is 0 Å². The molecule has 0 saturated heterocycles. The van der Waals surface area contributed by atoms with Crippen molar-refractivity contribution >= 4 is 70.0 Å². The molecule has 225 valence electrons. The summed E-state index contributed by atoms with van der Waals surface area (Å²) in [4.78, 5) is 16.4. The Balaban J connectivity index is 0.000000237. The zero-order chi connectivity index (χ0) is 30.5. The van der Waals surface area contributed by atoms with Gasteiger partial charge >= 0.3 is 0 Å². The summed E-state index contributed by atoms with van der Waals surface area (Å²) in [5.74, 6) is 0.104. The number of aromatic nitrogens is 2. The molecule has 0 amide bonds. The number of aliphatic hydroxyl groups excluding tert-OH is 1. The van der Waals surface area contributed by atoms with Crippen LogP contribution in [0, 0.1) is 16.9 Å². The summed E-state index contributed by atoms with van der Waals surface area (Å²) in [6.45, 7) is 11.1. The molecule has 1 N–H and O–H groups in total. The zero-order valence-electron chi connectivity index (χ0n) is 25.7. The van der Waals surface area contributed by atoms with Gasteiger partial charge in [-0.3, -0.25) is 9.78 Å². The largest absolute Gasteiger partial charge is 0.512 e.